The number of ether oxygens (including phenoxy) is 4. The van der Waals surface area contributed by atoms with E-state index in [1.807, 2.05) is 25.3 Å². The maximum absolute atomic E-state index is 9.70. The topological polar surface area (TPSA) is 150 Å². The monoisotopic (exact) mass is 678 g/mol. The van der Waals surface area contributed by atoms with Crippen LogP contribution in [-0.2, 0) is 16.0 Å². The van der Waals surface area contributed by atoms with Crippen LogP contribution < -0.4 is 14.8 Å². The van der Waals surface area contributed by atoms with Crippen molar-refractivity contribution < 1.29 is 18.9 Å². The van der Waals surface area contributed by atoms with Crippen LogP contribution in [-0.4, -0.2) is 84.0 Å². The van der Waals surface area contributed by atoms with Gasteiger partial charge in [0.2, 0.25) is 5.95 Å². The van der Waals surface area contributed by atoms with Crippen molar-refractivity contribution in [3.05, 3.63) is 67.0 Å². The Morgan fingerprint density at radius 2 is 1.86 bits per heavy atom. The molecule has 4 aliphatic rings. The number of hydrogen-bond acceptors (Lipinski definition) is 12. The molecule has 4 aromatic rings. The van der Waals surface area contributed by atoms with Gasteiger partial charge in [-0.2, -0.15) is 10.4 Å². The fourth-order valence-electron chi connectivity index (χ4n) is 7.39. The molecule has 2 bridgehead atoms. The maximum Gasteiger partial charge on any atom is 0.256 e. The number of aromatic nitrogens is 7. The van der Waals surface area contributed by atoms with Gasteiger partial charge < -0.3 is 29.2 Å². The Kier molecular flexibility index (Phi) is 9.21. The minimum atomic E-state index is -0.228. The van der Waals surface area contributed by atoms with Crippen LogP contribution in [0.15, 0.2) is 61.4 Å². The molecule has 14 nitrogen and oxygen atoms in total. The molecular formula is C36H42N10O4. The van der Waals surface area contributed by atoms with E-state index in [-0.39, 0.29) is 6.10 Å². The van der Waals surface area contributed by atoms with E-state index in [9.17, 15) is 5.26 Å². The zero-order chi connectivity index (χ0) is 33.9. The number of nitrogens with zero attached hydrogens (tertiary/aromatic N) is 9. The Hall–Kier alpha value is -5.16. The summed E-state index contributed by atoms with van der Waals surface area (Å²) in [6, 6.07) is 9.06. The quantitative estimate of drug-likeness (QED) is 0.209. The molecule has 1 N–H and O–H groups in total. The van der Waals surface area contributed by atoms with Gasteiger partial charge in [0, 0.05) is 49.8 Å². The third kappa shape index (κ3) is 7.09. The number of nitrogens with one attached hydrogen (secondary N) is 1. The standard InChI is InChI=1S/C36H42N10O4/c1-24(17-44-23-38-22-41-44)50-34-12-26(2-3-27(34)14-37)28-15-39-36(40-16-28)42-33-19-46(43-35(33)49-20-25-8-10-47-11-9-25)30-6-4-29(5-7-30)45-18-32-13-31(45)21-48-32/h2-3,12,15-16,18-19,22-25,29-31H,4-11,13,17,20-21H2,1H3,(H,39,40,42)/t24-,29-,30-,31+/m0/s1. The molecule has 0 spiro atoms. The molecule has 0 amide bonds. The second-order valence-electron chi connectivity index (χ2n) is 13.7. The summed E-state index contributed by atoms with van der Waals surface area (Å²) in [6.45, 7) is 5.39. The van der Waals surface area contributed by atoms with Crippen molar-refractivity contribution in [1.29, 1.82) is 5.26 Å². The number of rotatable bonds is 12. The molecule has 1 aliphatic carbocycles. The molecule has 1 aromatic carbocycles. The molecule has 3 aromatic heterocycles. The van der Waals surface area contributed by atoms with Gasteiger partial charge >= 0.3 is 0 Å². The van der Waals surface area contributed by atoms with Crippen LogP contribution in [0, 0.1) is 17.2 Å². The largest absolute Gasteiger partial charge is 0.494 e. The first-order chi connectivity index (χ1) is 24.6. The van der Waals surface area contributed by atoms with E-state index in [0.717, 1.165) is 87.3 Å². The van der Waals surface area contributed by atoms with Gasteiger partial charge in [-0.1, -0.05) is 6.07 Å². The summed E-state index contributed by atoms with van der Waals surface area (Å²) in [5.74, 6) is 3.08. The first-order valence-electron chi connectivity index (χ1n) is 17.6. The van der Waals surface area contributed by atoms with E-state index in [4.69, 9.17) is 24.0 Å². The summed E-state index contributed by atoms with van der Waals surface area (Å²) < 4.78 is 27.5. The lowest BCUT2D eigenvalue weighted by molar-refractivity contribution is 0.0489. The highest BCUT2D eigenvalue weighted by Gasteiger charge is 2.38. The summed E-state index contributed by atoms with van der Waals surface area (Å²) in [5, 5.41) is 22.2. The predicted molar refractivity (Wildman–Crippen MR) is 182 cm³/mol. The maximum atomic E-state index is 9.70. The lowest BCUT2D eigenvalue weighted by atomic mass is 9.90. The van der Waals surface area contributed by atoms with Crippen LogP contribution in [0.25, 0.3) is 11.1 Å². The number of benzene rings is 1. The van der Waals surface area contributed by atoms with Crippen LogP contribution >= 0.6 is 0 Å². The van der Waals surface area contributed by atoms with Gasteiger partial charge in [-0.3, -0.25) is 4.68 Å². The lowest BCUT2D eigenvalue weighted by Gasteiger charge is -2.38. The van der Waals surface area contributed by atoms with E-state index < -0.39 is 0 Å². The summed E-state index contributed by atoms with van der Waals surface area (Å²) in [7, 11) is 0. The summed E-state index contributed by atoms with van der Waals surface area (Å²) >= 11 is 0. The Morgan fingerprint density at radius 1 is 1.04 bits per heavy atom. The first kappa shape index (κ1) is 32.1. The van der Waals surface area contributed by atoms with Crippen LogP contribution in [0.1, 0.15) is 63.5 Å². The van der Waals surface area contributed by atoms with E-state index in [2.05, 4.69) is 47.2 Å². The highest BCUT2D eigenvalue weighted by Crippen LogP contribution is 2.39. The molecule has 0 radical (unpaired) electrons. The minimum Gasteiger partial charge on any atom is -0.494 e. The first-order valence-corrected chi connectivity index (χ1v) is 17.6. The molecule has 14 heteroatoms. The Bertz CT molecular complexity index is 1820. The fourth-order valence-corrected chi connectivity index (χ4v) is 7.39. The smallest absolute Gasteiger partial charge is 0.256 e. The van der Waals surface area contributed by atoms with Gasteiger partial charge in [-0.05, 0) is 69.1 Å². The second-order valence-corrected chi connectivity index (χ2v) is 13.7. The molecule has 3 aliphatic heterocycles. The van der Waals surface area contributed by atoms with Crippen molar-refractivity contribution in [3.8, 4) is 28.8 Å². The molecule has 2 atom stereocenters. The average Bonchev–Trinajstić information content (AvgIpc) is 3.99. The van der Waals surface area contributed by atoms with Gasteiger partial charge in [-0.25, -0.2) is 19.6 Å². The molecule has 50 heavy (non-hydrogen) atoms. The minimum absolute atomic E-state index is 0.228. The van der Waals surface area contributed by atoms with Crippen LogP contribution in [0.4, 0.5) is 11.6 Å². The number of anilines is 2. The van der Waals surface area contributed by atoms with Gasteiger partial charge in [0.05, 0.1) is 37.0 Å². The molecule has 1 saturated carbocycles. The Labute approximate surface area is 291 Å². The van der Waals surface area contributed by atoms with Crippen molar-refractivity contribution in [3.63, 3.8) is 0 Å². The fraction of sp³-hybridized carbons (Fsp3) is 0.500. The Balaban J connectivity index is 0.957. The number of fused-ring (bicyclic) bond motifs is 2. The van der Waals surface area contributed by atoms with Gasteiger partial charge in [0.1, 0.15) is 48.6 Å². The SMILES string of the molecule is C[C@@H](Cn1cncn1)Oc1cc(-c2cnc(Nc3cn([C@H]4CC[C@H](N5C=C6C[C@@H]5CO6)CC4)nc3OCC3CCOCC3)nc2)ccc1C#N. The van der Waals surface area contributed by atoms with E-state index in [1.165, 1.54) is 6.33 Å². The Morgan fingerprint density at radius 3 is 2.58 bits per heavy atom. The van der Waals surface area contributed by atoms with E-state index >= 15 is 0 Å². The van der Waals surface area contributed by atoms with Crippen molar-refractivity contribution in [2.45, 2.75) is 82.6 Å². The second kappa shape index (κ2) is 14.4. The van der Waals surface area contributed by atoms with Gasteiger partial charge in [0.15, 0.2) is 0 Å². The molecule has 260 valence electrons. The van der Waals surface area contributed by atoms with Crippen LogP contribution in [0.5, 0.6) is 11.6 Å². The third-order valence-electron chi connectivity index (χ3n) is 10.1. The molecule has 6 heterocycles. The third-order valence-corrected chi connectivity index (χ3v) is 10.1. The highest BCUT2D eigenvalue weighted by molar-refractivity contribution is 5.67. The molecule has 2 saturated heterocycles. The van der Waals surface area contributed by atoms with Gasteiger partial charge in [0.25, 0.3) is 5.88 Å². The van der Waals surface area contributed by atoms with Crippen molar-refractivity contribution >= 4 is 11.6 Å². The summed E-state index contributed by atoms with van der Waals surface area (Å²) in [4.78, 5) is 15.8. The number of hydrogen-bond donors (Lipinski definition) is 1. The van der Waals surface area contributed by atoms with Crippen LogP contribution in [0.3, 0.4) is 0 Å². The zero-order valence-electron chi connectivity index (χ0n) is 28.2. The lowest BCUT2D eigenvalue weighted by Crippen LogP contribution is -2.41. The molecule has 3 fully saturated rings. The zero-order valence-corrected chi connectivity index (χ0v) is 28.2. The van der Waals surface area contributed by atoms with Crippen molar-refractivity contribution in [1.82, 2.24) is 39.4 Å². The average molecular weight is 679 g/mol. The summed E-state index contributed by atoms with van der Waals surface area (Å²) in [5.41, 5.74) is 2.84. The number of nitriles is 1. The predicted octanol–water partition coefficient (Wildman–Crippen LogP) is 5.25. The molecule has 0 unspecified atom stereocenters. The molecular weight excluding hydrogens is 636 g/mol. The molecule has 8 rings (SSSR count). The van der Waals surface area contributed by atoms with E-state index in [1.54, 1.807) is 29.5 Å². The van der Waals surface area contributed by atoms with Crippen molar-refractivity contribution in [2.75, 3.05) is 31.7 Å². The normalized spacial score (nSPS) is 22.4. The highest BCUT2D eigenvalue weighted by atomic mass is 16.5. The summed E-state index contributed by atoms with van der Waals surface area (Å²) in [6.07, 6.45) is 18.1. The van der Waals surface area contributed by atoms with Crippen LogP contribution in [0.2, 0.25) is 0 Å². The van der Waals surface area contributed by atoms with E-state index in [0.29, 0.717) is 60.3 Å². The van der Waals surface area contributed by atoms with Crippen molar-refractivity contribution in [2.24, 2.45) is 5.92 Å². The van der Waals surface area contributed by atoms with Gasteiger partial charge in [-0.15, -0.1) is 5.10 Å².